The molecule has 128 valence electrons. The summed E-state index contributed by atoms with van der Waals surface area (Å²) in [6.45, 7) is 4.10. The van der Waals surface area contributed by atoms with Crippen molar-refractivity contribution in [1.82, 2.24) is 14.7 Å². The van der Waals surface area contributed by atoms with Gasteiger partial charge in [-0.25, -0.2) is 4.98 Å². The fourth-order valence-corrected chi connectivity index (χ4v) is 4.01. The molecule has 1 unspecified atom stereocenters. The van der Waals surface area contributed by atoms with Crippen molar-refractivity contribution in [1.29, 1.82) is 0 Å². The maximum absolute atomic E-state index is 12.5. The molecule has 2 heterocycles. The lowest BCUT2D eigenvalue weighted by molar-refractivity contribution is 0.0961. The minimum atomic E-state index is -0.0120. The molecule has 1 aliphatic carbocycles. The van der Waals surface area contributed by atoms with E-state index in [1.807, 2.05) is 13.1 Å². The second-order valence-electron chi connectivity index (χ2n) is 6.91. The molecule has 0 saturated carbocycles. The molecular weight excluding hydrogens is 310 g/mol. The Labute approximate surface area is 147 Å². The van der Waals surface area contributed by atoms with Gasteiger partial charge in [-0.05, 0) is 55.7 Å². The van der Waals surface area contributed by atoms with Crippen LogP contribution in [0.15, 0.2) is 36.5 Å². The average Bonchev–Trinajstić information content (AvgIpc) is 2.95. The van der Waals surface area contributed by atoms with E-state index in [0.29, 0.717) is 5.92 Å². The predicted octanol–water partition coefficient (Wildman–Crippen LogP) is 3.58. The van der Waals surface area contributed by atoms with Crippen LogP contribution in [0.5, 0.6) is 0 Å². The van der Waals surface area contributed by atoms with Crippen LogP contribution in [0.4, 0.5) is 0 Å². The molecule has 4 heteroatoms. The van der Waals surface area contributed by atoms with Crippen LogP contribution in [-0.2, 0) is 12.8 Å². The Kier molecular flexibility index (Phi) is 3.83. The molecule has 1 atom stereocenters. The van der Waals surface area contributed by atoms with E-state index < -0.39 is 0 Å². The third-order valence-corrected chi connectivity index (χ3v) is 5.54. The first-order chi connectivity index (χ1) is 12.1. The van der Waals surface area contributed by atoms with Crippen molar-refractivity contribution in [2.24, 2.45) is 0 Å². The van der Waals surface area contributed by atoms with Gasteiger partial charge in [-0.3, -0.25) is 4.79 Å². The van der Waals surface area contributed by atoms with Crippen molar-refractivity contribution < 1.29 is 4.79 Å². The summed E-state index contributed by atoms with van der Waals surface area (Å²) in [5.74, 6) is 0.469. The second-order valence-corrected chi connectivity index (χ2v) is 6.91. The number of benzene rings is 1. The highest BCUT2D eigenvalue weighted by Gasteiger charge is 2.27. The first-order valence-electron chi connectivity index (χ1n) is 8.87. The van der Waals surface area contributed by atoms with E-state index in [-0.39, 0.29) is 5.91 Å². The van der Waals surface area contributed by atoms with E-state index >= 15 is 0 Å². The van der Waals surface area contributed by atoms with E-state index in [1.54, 1.807) is 7.05 Å². The SMILES string of the molecule is CNC(=O)c1cn2c(C)c(C)nc2c2c1CCC(c1ccccc1)C2. The summed E-state index contributed by atoms with van der Waals surface area (Å²) in [5.41, 5.74) is 7.70. The lowest BCUT2D eigenvalue weighted by atomic mass is 9.79. The van der Waals surface area contributed by atoms with Crippen LogP contribution in [-0.4, -0.2) is 22.3 Å². The van der Waals surface area contributed by atoms with E-state index in [1.165, 1.54) is 16.7 Å². The molecule has 1 N–H and O–H groups in total. The number of imidazole rings is 1. The molecule has 0 spiro atoms. The summed E-state index contributed by atoms with van der Waals surface area (Å²) >= 11 is 0. The summed E-state index contributed by atoms with van der Waals surface area (Å²) in [5, 5.41) is 2.79. The van der Waals surface area contributed by atoms with Crippen molar-refractivity contribution in [3.8, 4) is 0 Å². The van der Waals surface area contributed by atoms with Gasteiger partial charge in [0.1, 0.15) is 5.65 Å². The lowest BCUT2D eigenvalue weighted by Crippen LogP contribution is -2.24. The van der Waals surface area contributed by atoms with E-state index in [2.05, 4.69) is 47.0 Å². The van der Waals surface area contributed by atoms with Gasteiger partial charge in [0.25, 0.3) is 5.91 Å². The van der Waals surface area contributed by atoms with Gasteiger partial charge >= 0.3 is 0 Å². The van der Waals surface area contributed by atoms with Crippen LogP contribution in [0.25, 0.3) is 5.65 Å². The molecule has 2 aromatic heterocycles. The Bertz CT molecular complexity index is 956. The maximum atomic E-state index is 12.5. The fourth-order valence-electron chi connectivity index (χ4n) is 4.01. The summed E-state index contributed by atoms with van der Waals surface area (Å²) in [6.07, 6.45) is 4.88. The van der Waals surface area contributed by atoms with Crippen molar-refractivity contribution >= 4 is 11.6 Å². The molecule has 3 aromatic rings. The Hall–Kier alpha value is -2.62. The van der Waals surface area contributed by atoms with Crippen LogP contribution in [0.3, 0.4) is 0 Å². The third-order valence-electron chi connectivity index (χ3n) is 5.54. The number of rotatable bonds is 2. The molecule has 4 rings (SSSR count). The van der Waals surface area contributed by atoms with Gasteiger partial charge < -0.3 is 9.72 Å². The van der Waals surface area contributed by atoms with Crippen LogP contribution in [0.2, 0.25) is 0 Å². The smallest absolute Gasteiger partial charge is 0.252 e. The van der Waals surface area contributed by atoms with Gasteiger partial charge in [-0.15, -0.1) is 0 Å². The normalized spacial score (nSPS) is 16.7. The zero-order valence-corrected chi connectivity index (χ0v) is 15.0. The molecule has 0 fully saturated rings. The van der Waals surface area contributed by atoms with Gasteiger partial charge in [0, 0.05) is 18.9 Å². The molecule has 4 nitrogen and oxygen atoms in total. The van der Waals surface area contributed by atoms with Crippen molar-refractivity contribution in [3.63, 3.8) is 0 Å². The molecule has 1 aliphatic rings. The second kappa shape index (κ2) is 6.03. The minimum absolute atomic E-state index is 0.0120. The summed E-state index contributed by atoms with van der Waals surface area (Å²) in [7, 11) is 1.69. The first-order valence-corrected chi connectivity index (χ1v) is 8.87. The molecule has 0 aliphatic heterocycles. The van der Waals surface area contributed by atoms with E-state index in [0.717, 1.165) is 41.9 Å². The Morgan fingerprint density at radius 3 is 2.68 bits per heavy atom. The molecule has 0 bridgehead atoms. The van der Waals surface area contributed by atoms with Crippen LogP contribution < -0.4 is 5.32 Å². The monoisotopic (exact) mass is 333 g/mol. The lowest BCUT2D eigenvalue weighted by Gasteiger charge is -2.27. The van der Waals surface area contributed by atoms with Crippen molar-refractivity contribution in [2.75, 3.05) is 7.05 Å². The first kappa shape index (κ1) is 15.9. The van der Waals surface area contributed by atoms with Gasteiger partial charge in [0.2, 0.25) is 0 Å². The molecule has 0 radical (unpaired) electrons. The number of pyridine rings is 1. The third kappa shape index (κ3) is 2.53. The van der Waals surface area contributed by atoms with Gasteiger partial charge in [0.15, 0.2) is 0 Å². The molecule has 0 saturated heterocycles. The van der Waals surface area contributed by atoms with Gasteiger partial charge in [0.05, 0.1) is 11.3 Å². The number of nitrogens with one attached hydrogen (secondary N) is 1. The van der Waals surface area contributed by atoms with Gasteiger partial charge in [-0.2, -0.15) is 0 Å². The number of fused-ring (bicyclic) bond motifs is 3. The average molecular weight is 333 g/mol. The zero-order valence-electron chi connectivity index (χ0n) is 15.0. The highest BCUT2D eigenvalue weighted by molar-refractivity contribution is 5.96. The highest BCUT2D eigenvalue weighted by atomic mass is 16.1. The number of aryl methyl sites for hydroxylation is 2. The molecule has 1 aromatic carbocycles. The number of hydrogen-bond acceptors (Lipinski definition) is 2. The highest BCUT2D eigenvalue weighted by Crippen LogP contribution is 2.36. The number of hydrogen-bond donors (Lipinski definition) is 1. The number of amides is 1. The number of carbonyl (C=O) groups is 1. The fraction of sp³-hybridized carbons (Fsp3) is 0.333. The molecular formula is C21H23N3O. The summed E-state index contributed by atoms with van der Waals surface area (Å²) in [4.78, 5) is 17.3. The quantitative estimate of drug-likeness (QED) is 0.779. The van der Waals surface area contributed by atoms with Crippen LogP contribution >= 0.6 is 0 Å². The Balaban J connectivity index is 1.90. The summed E-state index contributed by atoms with van der Waals surface area (Å²) in [6, 6.07) is 10.7. The molecule has 1 amide bonds. The van der Waals surface area contributed by atoms with Crippen molar-refractivity contribution in [3.05, 3.63) is 70.2 Å². The standard InChI is InChI=1S/C21H23N3O/c1-13-14(2)24-12-19(21(25)22-3)17-10-9-16(11-18(17)20(24)23-13)15-7-5-4-6-8-15/h4-8,12,16H,9-11H2,1-3H3,(H,22,25). The maximum Gasteiger partial charge on any atom is 0.252 e. The summed E-state index contributed by atoms with van der Waals surface area (Å²) < 4.78 is 2.09. The van der Waals surface area contributed by atoms with Crippen LogP contribution in [0.1, 0.15) is 50.8 Å². The number of carbonyl (C=O) groups excluding carboxylic acids is 1. The van der Waals surface area contributed by atoms with Crippen molar-refractivity contribution in [2.45, 2.75) is 39.0 Å². The number of aromatic nitrogens is 2. The largest absolute Gasteiger partial charge is 0.355 e. The van der Waals surface area contributed by atoms with Gasteiger partial charge in [-0.1, -0.05) is 30.3 Å². The van der Waals surface area contributed by atoms with Crippen LogP contribution in [0, 0.1) is 13.8 Å². The predicted molar refractivity (Wildman–Crippen MR) is 99.3 cm³/mol. The number of nitrogens with zero attached hydrogens (tertiary/aromatic N) is 2. The topological polar surface area (TPSA) is 46.4 Å². The van der Waals surface area contributed by atoms with E-state index in [4.69, 9.17) is 4.98 Å². The Morgan fingerprint density at radius 1 is 1.20 bits per heavy atom. The zero-order chi connectivity index (χ0) is 17.6. The van der Waals surface area contributed by atoms with E-state index in [9.17, 15) is 4.79 Å². The molecule has 25 heavy (non-hydrogen) atoms. The Morgan fingerprint density at radius 2 is 1.96 bits per heavy atom. The minimum Gasteiger partial charge on any atom is -0.355 e.